The van der Waals surface area contributed by atoms with Gasteiger partial charge in [0.15, 0.2) is 11.5 Å². The number of ether oxygens (including phenoxy) is 2. The number of imide groups is 1. The van der Waals surface area contributed by atoms with E-state index in [1.165, 1.54) is 4.90 Å². The van der Waals surface area contributed by atoms with Crippen LogP contribution in [0.2, 0.25) is 10.0 Å². The first kappa shape index (κ1) is 24.9. The molecule has 0 bridgehead atoms. The topological polar surface area (TPSA) is 67.9 Å². The predicted molar refractivity (Wildman–Crippen MR) is 136 cm³/mol. The zero-order valence-corrected chi connectivity index (χ0v) is 21.8. The Balaban J connectivity index is 1.56. The van der Waals surface area contributed by atoms with Gasteiger partial charge in [-0.1, -0.05) is 48.5 Å². The molecule has 0 atom stereocenters. The lowest BCUT2D eigenvalue weighted by Crippen LogP contribution is -2.41. The lowest BCUT2D eigenvalue weighted by Gasteiger charge is -2.28. The molecule has 0 spiro atoms. The van der Waals surface area contributed by atoms with Crippen molar-refractivity contribution in [3.8, 4) is 11.5 Å². The number of amides is 3. The molecule has 1 saturated heterocycles. The Morgan fingerprint density at radius 2 is 1.85 bits per heavy atom. The summed E-state index contributed by atoms with van der Waals surface area (Å²) in [6.07, 6.45) is 6.61. The van der Waals surface area contributed by atoms with Crippen LogP contribution in [0.4, 0.5) is 4.79 Å². The van der Waals surface area contributed by atoms with Crippen LogP contribution in [0.15, 0.2) is 40.5 Å². The molecule has 1 saturated carbocycles. The summed E-state index contributed by atoms with van der Waals surface area (Å²) < 4.78 is 12.5. The van der Waals surface area contributed by atoms with Crippen molar-refractivity contribution in [1.82, 2.24) is 10.2 Å². The van der Waals surface area contributed by atoms with E-state index in [9.17, 15) is 9.59 Å². The van der Waals surface area contributed by atoms with E-state index in [1.807, 2.05) is 19.1 Å². The highest BCUT2D eigenvalue weighted by Crippen LogP contribution is 2.38. The molecule has 0 radical (unpaired) electrons. The van der Waals surface area contributed by atoms with Crippen LogP contribution >= 0.6 is 39.1 Å². The van der Waals surface area contributed by atoms with E-state index >= 15 is 0 Å². The molecule has 2 aliphatic rings. The van der Waals surface area contributed by atoms with Gasteiger partial charge in [0.25, 0.3) is 5.91 Å². The van der Waals surface area contributed by atoms with Gasteiger partial charge in [0.2, 0.25) is 0 Å². The van der Waals surface area contributed by atoms with Crippen molar-refractivity contribution in [2.75, 3.05) is 6.61 Å². The second-order valence-electron chi connectivity index (χ2n) is 8.26. The molecule has 2 aromatic carbocycles. The van der Waals surface area contributed by atoms with Crippen molar-refractivity contribution in [2.45, 2.75) is 51.7 Å². The molecule has 2 fully saturated rings. The van der Waals surface area contributed by atoms with Gasteiger partial charge < -0.3 is 14.8 Å². The number of carbonyl (C=O) groups excluding carboxylic acids is 2. The van der Waals surface area contributed by atoms with Crippen molar-refractivity contribution in [3.63, 3.8) is 0 Å². The maximum atomic E-state index is 13.0. The van der Waals surface area contributed by atoms with E-state index in [0.717, 1.165) is 37.7 Å². The zero-order valence-electron chi connectivity index (χ0n) is 18.7. The van der Waals surface area contributed by atoms with Gasteiger partial charge in [-0.15, -0.1) is 0 Å². The molecule has 0 unspecified atom stereocenters. The maximum absolute atomic E-state index is 13.0. The molecule has 9 heteroatoms. The molecule has 1 aliphatic heterocycles. The van der Waals surface area contributed by atoms with Crippen LogP contribution in [0.1, 0.15) is 50.2 Å². The Morgan fingerprint density at radius 3 is 2.56 bits per heavy atom. The van der Waals surface area contributed by atoms with E-state index < -0.39 is 0 Å². The molecule has 1 N–H and O–H groups in total. The number of hydrogen-bond donors (Lipinski definition) is 1. The molecule has 34 heavy (non-hydrogen) atoms. The minimum atomic E-state index is -0.353. The van der Waals surface area contributed by atoms with Crippen LogP contribution in [-0.2, 0) is 11.4 Å². The van der Waals surface area contributed by atoms with Gasteiger partial charge in [-0.2, -0.15) is 0 Å². The minimum absolute atomic E-state index is 0.0324. The number of hydrogen-bond acceptors (Lipinski definition) is 4. The smallest absolute Gasteiger partial charge is 0.329 e. The van der Waals surface area contributed by atoms with E-state index in [2.05, 4.69) is 21.2 Å². The fourth-order valence-electron chi connectivity index (χ4n) is 4.25. The number of halogens is 3. The fourth-order valence-corrected chi connectivity index (χ4v) is 5.14. The summed E-state index contributed by atoms with van der Waals surface area (Å²) in [4.78, 5) is 26.9. The minimum Gasteiger partial charge on any atom is -0.490 e. The molecule has 6 nitrogen and oxygen atoms in total. The largest absolute Gasteiger partial charge is 0.490 e. The average Bonchev–Trinajstić information content (AvgIpc) is 3.09. The van der Waals surface area contributed by atoms with Gasteiger partial charge in [-0.25, -0.2) is 4.79 Å². The first-order valence-electron chi connectivity index (χ1n) is 11.3. The van der Waals surface area contributed by atoms with E-state index in [1.54, 1.807) is 24.3 Å². The third kappa shape index (κ3) is 5.53. The number of carbonyl (C=O) groups is 2. The van der Waals surface area contributed by atoms with Crippen LogP contribution in [0.3, 0.4) is 0 Å². The van der Waals surface area contributed by atoms with Gasteiger partial charge in [-0.05, 0) is 77.2 Å². The monoisotopic (exact) mass is 566 g/mol. The fraction of sp³-hybridized carbons (Fsp3) is 0.360. The van der Waals surface area contributed by atoms with Crippen molar-refractivity contribution >= 4 is 57.1 Å². The van der Waals surface area contributed by atoms with Crippen molar-refractivity contribution in [2.24, 2.45) is 0 Å². The molecule has 4 rings (SSSR count). The van der Waals surface area contributed by atoms with Crippen molar-refractivity contribution in [3.05, 3.63) is 61.7 Å². The van der Waals surface area contributed by atoms with Crippen molar-refractivity contribution in [1.29, 1.82) is 0 Å². The van der Waals surface area contributed by atoms with Gasteiger partial charge >= 0.3 is 6.03 Å². The van der Waals surface area contributed by atoms with Gasteiger partial charge in [0.05, 0.1) is 21.1 Å². The van der Waals surface area contributed by atoms with Crippen LogP contribution < -0.4 is 14.8 Å². The van der Waals surface area contributed by atoms with Crippen LogP contribution in [0.5, 0.6) is 11.5 Å². The predicted octanol–water partition coefficient (Wildman–Crippen LogP) is 6.96. The molecular weight excluding hydrogens is 543 g/mol. The first-order chi connectivity index (χ1) is 16.4. The summed E-state index contributed by atoms with van der Waals surface area (Å²) in [6, 6.07) is 8.54. The SMILES string of the molecule is CCOc1cc(/C=C2\NC(=O)N(C3CCCCC3)C2=O)cc(Br)c1OCc1ccc(Cl)c(Cl)c1. The van der Waals surface area contributed by atoms with Gasteiger partial charge in [0, 0.05) is 6.04 Å². The van der Waals surface area contributed by atoms with Gasteiger partial charge in [0.1, 0.15) is 12.3 Å². The molecule has 3 amide bonds. The Labute approximate surface area is 217 Å². The second-order valence-corrected chi connectivity index (χ2v) is 9.92. The highest BCUT2D eigenvalue weighted by Gasteiger charge is 2.39. The third-order valence-electron chi connectivity index (χ3n) is 5.86. The number of benzene rings is 2. The third-order valence-corrected chi connectivity index (χ3v) is 7.19. The first-order valence-corrected chi connectivity index (χ1v) is 12.8. The summed E-state index contributed by atoms with van der Waals surface area (Å²) in [5.41, 5.74) is 1.82. The van der Waals surface area contributed by atoms with Gasteiger partial charge in [-0.3, -0.25) is 9.69 Å². The van der Waals surface area contributed by atoms with Crippen LogP contribution in [-0.4, -0.2) is 29.5 Å². The molecule has 0 aromatic heterocycles. The number of urea groups is 1. The Hall–Kier alpha value is -2.22. The number of rotatable bonds is 7. The molecule has 1 aliphatic carbocycles. The molecule has 180 valence electrons. The lowest BCUT2D eigenvalue weighted by molar-refractivity contribution is -0.124. The Morgan fingerprint density at radius 1 is 1.09 bits per heavy atom. The maximum Gasteiger partial charge on any atom is 0.329 e. The van der Waals surface area contributed by atoms with E-state index in [4.69, 9.17) is 32.7 Å². The van der Waals surface area contributed by atoms with Crippen LogP contribution in [0, 0.1) is 0 Å². The molecule has 1 heterocycles. The van der Waals surface area contributed by atoms with Crippen molar-refractivity contribution < 1.29 is 19.1 Å². The normalized spacial score (nSPS) is 17.9. The molecule has 2 aromatic rings. The summed E-state index contributed by atoms with van der Waals surface area (Å²) >= 11 is 15.6. The lowest BCUT2D eigenvalue weighted by atomic mass is 9.94. The van der Waals surface area contributed by atoms with E-state index in [0.29, 0.717) is 38.2 Å². The summed E-state index contributed by atoms with van der Waals surface area (Å²) in [7, 11) is 0. The highest BCUT2D eigenvalue weighted by atomic mass is 79.9. The number of nitrogens with zero attached hydrogens (tertiary/aromatic N) is 1. The summed E-state index contributed by atoms with van der Waals surface area (Å²) in [5.74, 6) is 0.760. The second kappa shape index (κ2) is 11.0. The molecular formula is C25H25BrCl2N2O4. The quantitative estimate of drug-likeness (QED) is 0.290. The van der Waals surface area contributed by atoms with E-state index in [-0.39, 0.29) is 30.3 Å². The summed E-state index contributed by atoms with van der Waals surface area (Å²) in [5, 5.41) is 3.67. The highest BCUT2D eigenvalue weighted by molar-refractivity contribution is 9.10. The standard InChI is InChI=1S/C25H25BrCl2N2O4/c1-2-33-22-13-16(10-18(26)23(22)34-14-15-8-9-19(27)20(28)11-15)12-21-24(31)30(25(32)29-21)17-6-4-3-5-7-17/h8-13,17H,2-7,14H2,1H3,(H,29,32)/b21-12-. The summed E-state index contributed by atoms with van der Waals surface area (Å²) in [6.45, 7) is 2.58. The number of nitrogens with one attached hydrogen (secondary N) is 1. The Kier molecular flexibility index (Phi) is 8.06. The zero-order chi connectivity index (χ0) is 24.2. The van der Waals surface area contributed by atoms with Crippen LogP contribution in [0.25, 0.3) is 6.08 Å². The average molecular weight is 568 g/mol. The Bertz CT molecular complexity index is 1130.